The van der Waals surface area contributed by atoms with Crippen molar-refractivity contribution in [2.45, 2.75) is 32.9 Å². The summed E-state index contributed by atoms with van der Waals surface area (Å²) in [7, 11) is 3.96. The SMILES string of the molecule is CC(C)OCCCNC(=O)c1nc2ccccn2c1CN(C)C. The maximum absolute atomic E-state index is 12.5. The number of carbonyl (C=O) groups excluding carboxylic acids is 1. The summed E-state index contributed by atoms with van der Waals surface area (Å²) in [5, 5.41) is 2.93. The molecule has 6 heteroatoms. The largest absolute Gasteiger partial charge is 0.379 e. The number of nitrogens with one attached hydrogen (secondary N) is 1. The highest BCUT2D eigenvalue weighted by molar-refractivity contribution is 5.94. The van der Waals surface area contributed by atoms with Gasteiger partial charge in [-0.1, -0.05) is 6.07 Å². The first-order chi connectivity index (χ1) is 11.0. The normalized spacial score (nSPS) is 11.6. The molecule has 0 spiro atoms. The van der Waals surface area contributed by atoms with Crippen molar-refractivity contribution in [3.05, 3.63) is 35.8 Å². The van der Waals surface area contributed by atoms with Gasteiger partial charge < -0.3 is 19.4 Å². The van der Waals surface area contributed by atoms with E-state index >= 15 is 0 Å². The second-order valence-electron chi connectivity index (χ2n) is 6.10. The third-order valence-electron chi connectivity index (χ3n) is 3.37. The molecule has 0 atom stereocenters. The number of hydrogen-bond donors (Lipinski definition) is 1. The average molecular weight is 318 g/mol. The smallest absolute Gasteiger partial charge is 0.271 e. The van der Waals surface area contributed by atoms with Crippen molar-refractivity contribution in [3.63, 3.8) is 0 Å². The highest BCUT2D eigenvalue weighted by atomic mass is 16.5. The summed E-state index contributed by atoms with van der Waals surface area (Å²) in [5.41, 5.74) is 2.19. The van der Waals surface area contributed by atoms with Gasteiger partial charge in [0, 0.05) is 25.9 Å². The maximum Gasteiger partial charge on any atom is 0.271 e. The Balaban J connectivity index is 2.07. The average Bonchev–Trinajstić information content (AvgIpc) is 2.85. The van der Waals surface area contributed by atoms with Crippen LogP contribution in [-0.2, 0) is 11.3 Å². The van der Waals surface area contributed by atoms with Crippen LogP contribution in [0.4, 0.5) is 0 Å². The van der Waals surface area contributed by atoms with Crippen molar-refractivity contribution in [2.75, 3.05) is 27.2 Å². The number of imidazole rings is 1. The van der Waals surface area contributed by atoms with Gasteiger partial charge >= 0.3 is 0 Å². The van der Waals surface area contributed by atoms with E-state index in [0.29, 0.717) is 25.4 Å². The third kappa shape index (κ3) is 4.77. The minimum absolute atomic E-state index is 0.130. The summed E-state index contributed by atoms with van der Waals surface area (Å²) in [6.45, 7) is 5.89. The molecule has 2 aromatic rings. The van der Waals surface area contributed by atoms with Crippen molar-refractivity contribution in [1.82, 2.24) is 19.6 Å². The molecule has 0 aliphatic carbocycles. The molecule has 2 aromatic heterocycles. The second kappa shape index (κ2) is 8.08. The third-order valence-corrected chi connectivity index (χ3v) is 3.37. The number of fused-ring (bicyclic) bond motifs is 1. The van der Waals surface area contributed by atoms with Crippen molar-refractivity contribution < 1.29 is 9.53 Å². The van der Waals surface area contributed by atoms with Crippen molar-refractivity contribution in [3.8, 4) is 0 Å². The Morgan fingerprint density at radius 2 is 2.17 bits per heavy atom. The van der Waals surface area contributed by atoms with E-state index in [2.05, 4.69) is 10.3 Å². The molecule has 0 aliphatic heterocycles. The summed E-state index contributed by atoms with van der Waals surface area (Å²) in [4.78, 5) is 19.0. The van der Waals surface area contributed by atoms with E-state index in [4.69, 9.17) is 4.74 Å². The summed E-state index contributed by atoms with van der Waals surface area (Å²) >= 11 is 0. The molecule has 0 bridgehead atoms. The number of amides is 1. The van der Waals surface area contributed by atoms with E-state index < -0.39 is 0 Å². The van der Waals surface area contributed by atoms with Crippen molar-refractivity contribution in [1.29, 1.82) is 0 Å². The molecule has 0 aromatic carbocycles. The Labute approximate surface area is 137 Å². The minimum Gasteiger partial charge on any atom is -0.379 e. The standard InChI is InChI=1S/C17H26N4O2/c1-13(2)23-11-7-9-18-17(22)16-14(12-20(3)4)21-10-6-5-8-15(21)19-16/h5-6,8,10,13H,7,9,11-12H2,1-4H3,(H,18,22). The topological polar surface area (TPSA) is 58.9 Å². The molecule has 0 saturated carbocycles. The van der Waals surface area contributed by atoms with Crippen LogP contribution in [0.1, 0.15) is 36.5 Å². The zero-order chi connectivity index (χ0) is 16.8. The number of rotatable bonds is 8. The molecule has 1 N–H and O–H groups in total. The number of aromatic nitrogens is 2. The first kappa shape index (κ1) is 17.4. The highest BCUT2D eigenvalue weighted by Crippen LogP contribution is 2.14. The number of pyridine rings is 1. The van der Waals surface area contributed by atoms with E-state index in [9.17, 15) is 4.79 Å². The van der Waals surface area contributed by atoms with E-state index in [1.54, 1.807) is 0 Å². The zero-order valence-electron chi connectivity index (χ0n) is 14.4. The lowest BCUT2D eigenvalue weighted by molar-refractivity contribution is 0.0756. The fourth-order valence-corrected chi connectivity index (χ4v) is 2.36. The van der Waals surface area contributed by atoms with Crippen LogP contribution in [-0.4, -0.2) is 53.5 Å². The fraction of sp³-hybridized carbons (Fsp3) is 0.529. The number of nitrogens with zero attached hydrogens (tertiary/aromatic N) is 3. The molecular weight excluding hydrogens is 292 g/mol. The first-order valence-electron chi connectivity index (χ1n) is 7.99. The van der Waals surface area contributed by atoms with E-state index in [1.165, 1.54) is 0 Å². The molecule has 23 heavy (non-hydrogen) atoms. The monoisotopic (exact) mass is 318 g/mol. The van der Waals surface area contributed by atoms with Crippen LogP contribution in [0.5, 0.6) is 0 Å². The highest BCUT2D eigenvalue weighted by Gasteiger charge is 2.18. The van der Waals surface area contributed by atoms with Gasteiger partial charge in [-0.2, -0.15) is 0 Å². The molecule has 0 fully saturated rings. The Kier molecular flexibility index (Phi) is 6.12. The van der Waals surface area contributed by atoms with E-state index in [1.807, 2.05) is 61.6 Å². The Bertz CT molecular complexity index is 649. The van der Waals surface area contributed by atoms with Crippen LogP contribution in [0.2, 0.25) is 0 Å². The van der Waals surface area contributed by atoms with Crippen LogP contribution < -0.4 is 5.32 Å². The maximum atomic E-state index is 12.5. The van der Waals surface area contributed by atoms with Gasteiger partial charge in [0.15, 0.2) is 5.69 Å². The lowest BCUT2D eigenvalue weighted by Crippen LogP contribution is -2.27. The Morgan fingerprint density at radius 1 is 1.39 bits per heavy atom. The molecule has 6 nitrogen and oxygen atoms in total. The van der Waals surface area contributed by atoms with Crippen LogP contribution in [0.3, 0.4) is 0 Å². The Hall–Kier alpha value is -1.92. The molecular formula is C17H26N4O2. The summed E-state index contributed by atoms with van der Waals surface area (Å²) in [6.07, 6.45) is 2.95. The van der Waals surface area contributed by atoms with Gasteiger partial charge in [-0.25, -0.2) is 4.98 Å². The minimum atomic E-state index is -0.130. The first-order valence-corrected chi connectivity index (χ1v) is 7.99. The van der Waals surface area contributed by atoms with Gasteiger partial charge in [-0.3, -0.25) is 4.79 Å². The van der Waals surface area contributed by atoms with Gasteiger partial charge in [0.25, 0.3) is 5.91 Å². The van der Waals surface area contributed by atoms with E-state index in [-0.39, 0.29) is 12.0 Å². The summed E-state index contributed by atoms with van der Waals surface area (Å²) in [6, 6.07) is 5.78. The van der Waals surface area contributed by atoms with Crippen LogP contribution >= 0.6 is 0 Å². The van der Waals surface area contributed by atoms with Crippen molar-refractivity contribution in [2.24, 2.45) is 0 Å². The number of hydrogen-bond acceptors (Lipinski definition) is 4. The number of ether oxygens (including phenoxy) is 1. The lowest BCUT2D eigenvalue weighted by atomic mass is 10.3. The van der Waals surface area contributed by atoms with Crippen LogP contribution in [0.25, 0.3) is 5.65 Å². The molecule has 2 rings (SSSR count). The zero-order valence-corrected chi connectivity index (χ0v) is 14.4. The molecule has 2 heterocycles. The van der Waals surface area contributed by atoms with Gasteiger partial charge in [0.05, 0.1) is 11.8 Å². The second-order valence-corrected chi connectivity index (χ2v) is 6.10. The molecule has 1 amide bonds. The predicted molar refractivity (Wildman–Crippen MR) is 90.6 cm³/mol. The molecule has 0 aliphatic rings. The van der Waals surface area contributed by atoms with Crippen LogP contribution in [0.15, 0.2) is 24.4 Å². The molecule has 126 valence electrons. The van der Waals surface area contributed by atoms with E-state index in [0.717, 1.165) is 17.8 Å². The van der Waals surface area contributed by atoms with Crippen LogP contribution in [0, 0.1) is 0 Å². The van der Waals surface area contributed by atoms with Gasteiger partial charge in [0.2, 0.25) is 0 Å². The Morgan fingerprint density at radius 3 is 2.87 bits per heavy atom. The van der Waals surface area contributed by atoms with Crippen molar-refractivity contribution >= 4 is 11.6 Å². The summed E-state index contributed by atoms with van der Waals surface area (Å²) < 4.78 is 7.45. The summed E-state index contributed by atoms with van der Waals surface area (Å²) in [5.74, 6) is -0.130. The van der Waals surface area contributed by atoms with Gasteiger partial charge in [0.1, 0.15) is 5.65 Å². The molecule has 0 unspecified atom stereocenters. The quantitative estimate of drug-likeness (QED) is 0.756. The predicted octanol–water partition coefficient (Wildman–Crippen LogP) is 1.94. The van der Waals surface area contributed by atoms with Gasteiger partial charge in [-0.05, 0) is 46.5 Å². The molecule has 0 radical (unpaired) electrons. The fourth-order valence-electron chi connectivity index (χ4n) is 2.36. The number of carbonyl (C=O) groups is 1. The molecule has 0 saturated heterocycles. The van der Waals surface area contributed by atoms with Gasteiger partial charge in [-0.15, -0.1) is 0 Å². The lowest BCUT2D eigenvalue weighted by Gasteiger charge is -2.11.